The Morgan fingerprint density at radius 1 is 1.17 bits per heavy atom. The van der Waals surface area contributed by atoms with Gasteiger partial charge in [-0.25, -0.2) is 0 Å². The van der Waals surface area contributed by atoms with E-state index >= 15 is 0 Å². The highest BCUT2D eigenvalue weighted by Gasteiger charge is 2.33. The highest BCUT2D eigenvalue weighted by atomic mass is 16.2. The fourth-order valence-electron chi connectivity index (χ4n) is 3.60. The molecule has 1 aliphatic carbocycles. The number of benzene rings is 1. The third-order valence-electron chi connectivity index (χ3n) is 4.82. The summed E-state index contributed by atoms with van der Waals surface area (Å²) in [5.41, 5.74) is 1.99. The van der Waals surface area contributed by atoms with Crippen LogP contribution in [-0.4, -0.2) is 66.9 Å². The van der Waals surface area contributed by atoms with E-state index in [1.807, 2.05) is 32.3 Å². The van der Waals surface area contributed by atoms with Crippen LogP contribution in [0, 0.1) is 5.92 Å². The Bertz CT molecular complexity index is 553. The van der Waals surface area contributed by atoms with Crippen LogP contribution < -0.4 is 0 Å². The topological polar surface area (TPSA) is 26.8 Å². The standard InChI is InChI=1S/C19H29N3O/c1-15-12-21(17-8-9-17)10-11-22(13-15)19(23)18-7-5-4-6-16(18)14-20(2)3/h4-7,15,17H,8-14H2,1-3H3. The molecule has 1 aliphatic heterocycles. The molecule has 1 amide bonds. The average Bonchev–Trinajstić information content (AvgIpc) is 3.33. The molecule has 0 bridgehead atoms. The van der Waals surface area contributed by atoms with E-state index in [0.717, 1.165) is 49.9 Å². The maximum Gasteiger partial charge on any atom is 0.254 e. The number of hydrogen-bond donors (Lipinski definition) is 0. The molecule has 3 rings (SSSR count). The first-order chi connectivity index (χ1) is 11.0. The number of rotatable bonds is 4. The minimum Gasteiger partial charge on any atom is -0.337 e. The molecule has 1 heterocycles. The SMILES string of the molecule is CC1CN(C(=O)c2ccccc2CN(C)C)CCN(C2CC2)C1. The molecule has 0 N–H and O–H groups in total. The van der Waals surface area contributed by atoms with E-state index in [-0.39, 0.29) is 5.91 Å². The molecular formula is C19H29N3O. The highest BCUT2D eigenvalue weighted by Crippen LogP contribution is 2.28. The number of amides is 1. The predicted octanol–water partition coefficient (Wildman–Crippen LogP) is 2.30. The molecule has 2 aliphatic rings. The Morgan fingerprint density at radius 2 is 1.91 bits per heavy atom. The van der Waals surface area contributed by atoms with Crippen molar-refractivity contribution in [1.29, 1.82) is 0 Å². The van der Waals surface area contributed by atoms with Gasteiger partial charge in [-0.3, -0.25) is 9.69 Å². The minimum atomic E-state index is 0.201. The quantitative estimate of drug-likeness (QED) is 0.853. The van der Waals surface area contributed by atoms with Gasteiger partial charge in [0.25, 0.3) is 5.91 Å². The van der Waals surface area contributed by atoms with Gasteiger partial charge in [0, 0.05) is 44.3 Å². The molecule has 126 valence electrons. The van der Waals surface area contributed by atoms with Crippen LogP contribution in [0.1, 0.15) is 35.7 Å². The van der Waals surface area contributed by atoms with Crippen LogP contribution in [0.2, 0.25) is 0 Å². The van der Waals surface area contributed by atoms with Gasteiger partial charge in [-0.15, -0.1) is 0 Å². The van der Waals surface area contributed by atoms with E-state index in [1.54, 1.807) is 0 Å². The lowest BCUT2D eigenvalue weighted by atomic mass is 10.0. The summed E-state index contributed by atoms with van der Waals surface area (Å²) in [7, 11) is 4.09. The number of carbonyl (C=O) groups excluding carboxylic acids is 1. The van der Waals surface area contributed by atoms with Crippen LogP contribution in [0.25, 0.3) is 0 Å². The number of hydrogen-bond acceptors (Lipinski definition) is 3. The van der Waals surface area contributed by atoms with Crippen LogP contribution in [0.5, 0.6) is 0 Å². The fraction of sp³-hybridized carbons (Fsp3) is 0.632. The van der Waals surface area contributed by atoms with Crippen molar-refractivity contribution in [2.75, 3.05) is 40.3 Å². The first-order valence-electron chi connectivity index (χ1n) is 8.80. The van der Waals surface area contributed by atoms with Crippen LogP contribution >= 0.6 is 0 Å². The summed E-state index contributed by atoms with van der Waals surface area (Å²) in [5.74, 6) is 0.745. The van der Waals surface area contributed by atoms with Crippen LogP contribution in [0.4, 0.5) is 0 Å². The van der Waals surface area contributed by atoms with Gasteiger partial charge >= 0.3 is 0 Å². The van der Waals surface area contributed by atoms with Crippen LogP contribution in [-0.2, 0) is 6.54 Å². The molecule has 4 nitrogen and oxygen atoms in total. The van der Waals surface area contributed by atoms with Crippen molar-refractivity contribution in [2.24, 2.45) is 5.92 Å². The lowest BCUT2D eigenvalue weighted by molar-refractivity contribution is 0.0747. The average molecular weight is 315 g/mol. The van der Waals surface area contributed by atoms with Gasteiger partial charge in [0.1, 0.15) is 0 Å². The van der Waals surface area contributed by atoms with Crippen molar-refractivity contribution in [1.82, 2.24) is 14.7 Å². The molecule has 1 aromatic rings. The Labute approximate surface area is 140 Å². The molecule has 1 saturated heterocycles. The Morgan fingerprint density at radius 3 is 2.61 bits per heavy atom. The zero-order valence-electron chi connectivity index (χ0n) is 14.7. The lowest BCUT2D eigenvalue weighted by Gasteiger charge is -2.24. The molecule has 1 atom stereocenters. The second-order valence-corrected chi connectivity index (χ2v) is 7.48. The summed E-state index contributed by atoms with van der Waals surface area (Å²) >= 11 is 0. The molecule has 23 heavy (non-hydrogen) atoms. The molecule has 1 aromatic carbocycles. The molecule has 1 unspecified atom stereocenters. The zero-order chi connectivity index (χ0) is 16.4. The maximum absolute atomic E-state index is 13.1. The summed E-state index contributed by atoms with van der Waals surface area (Å²) in [4.78, 5) is 19.9. The normalized spacial score (nSPS) is 23.1. The van der Waals surface area contributed by atoms with Gasteiger partial charge in [0.15, 0.2) is 0 Å². The molecule has 2 fully saturated rings. The predicted molar refractivity (Wildman–Crippen MR) is 93.5 cm³/mol. The molecule has 0 aromatic heterocycles. The molecule has 1 saturated carbocycles. The number of carbonyl (C=O) groups is 1. The Kier molecular flexibility index (Phi) is 5.02. The first-order valence-corrected chi connectivity index (χ1v) is 8.80. The summed E-state index contributed by atoms with van der Waals surface area (Å²) < 4.78 is 0. The molecule has 0 radical (unpaired) electrons. The van der Waals surface area contributed by atoms with E-state index in [9.17, 15) is 4.79 Å². The van der Waals surface area contributed by atoms with Crippen molar-refractivity contribution < 1.29 is 4.79 Å². The third kappa shape index (κ3) is 4.12. The summed E-state index contributed by atoms with van der Waals surface area (Å²) in [6.07, 6.45) is 2.68. The second-order valence-electron chi connectivity index (χ2n) is 7.48. The van der Waals surface area contributed by atoms with Crippen molar-refractivity contribution >= 4 is 5.91 Å². The monoisotopic (exact) mass is 315 g/mol. The van der Waals surface area contributed by atoms with E-state index in [4.69, 9.17) is 0 Å². The zero-order valence-corrected chi connectivity index (χ0v) is 14.7. The van der Waals surface area contributed by atoms with Gasteiger partial charge in [-0.1, -0.05) is 25.1 Å². The Balaban J connectivity index is 1.74. The molecular weight excluding hydrogens is 286 g/mol. The van der Waals surface area contributed by atoms with Gasteiger partial charge in [0.05, 0.1) is 0 Å². The maximum atomic E-state index is 13.1. The van der Waals surface area contributed by atoms with E-state index < -0.39 is 0 Å². The van der Waals surface area contributed by atoms with Gasteiger partial charge < -0.3 is 9.80 Å². The van der Waals surface area contributed by atoms with Crippen molar-refractivity contribution in [3.8, 4) is 0 Å². The van der Waals surface area contributed by atoms with E-state index in [0.29, 0.717) is 5.92 Å². The number of nitrogens with zero attached hydrogens (tertiary/aromatic N) is 3. The summed E-state index contributed by atoms with van der Waals surface area (Å²) in [5, 5.41) is 0. The highest BCUT2D eigenvalue weighted by molar-refractivity contribution is 5.95. The molecule has 0 spiro atoms. The third-order valence-corrected chi connectivity index (χ3v) is 4.82. The van der Waals surface area contributed by atoms with Crippen LogP contribution in [0.3, 0.4) is 0 Å². The first kappa shape index (κ1) is 16.5. The lowest BCUT2D eigenvalue weighted by Crippen LogP contribution is -2.36. The van der Waals surface area contributed by atoms with E-state index in [2.05, 4.69) is 27.7 Å². The van der Waals surface area contributed by atoms with Crippen LogP contribution in [0.15, 0.2) is 24.3 Å². The van der Waals surface area contributed by atoms with Crippen molar-refractivity contribution in [3.63, 3.8) is 0 Å². The van der Waals surface area contributed by atoms with Gasteiger partial charge in [-0.2, -0.15) is 0 Å². The van der Waals surface area contributed by atoms with E-state index in [1.165, 1.54) is 12.8 Å². The van der Waals surface area contributed by atoms with Crippen molar-refractivity contribution in [2.45, 2.75) is 32.4 Å². The molecule has 4 heteroatoms. The largest absolute Gasteiger partial charge is 0.337 e. The fourth-order valence-corrected chi connectivity index (χ4v) is 3.60. The minimum absolute atomic E-state index is 0.201. The summed E-state index contributed by atoms with van der Waals surface area (Å²) in [6, 6.07) is 8.84. The summed E-state index contributed by atoms with van der Waals surface area (Å²) in [6.45, 7) is 6.96. The van der Waals surface area contributed by atoms with Crippen molar-refractivity contribution in [3.05, 3.63) is 35.4 Å². The van der Waals surface area contributed by atoms with Gasteiger partial charge in [0.2, 0.25) is 0 Å². The van der Waals surface area contributed by atoms with Gasteiger partial charge in [-0.05, 0) is 44.5 Å². The Hall–Kier alpha value is -1.39. The smallest absolute Gasteiger partial charge is 0.254 e. The second kappa shape index (κ2) is 7.02.